The zero-order chi connectivity index (χ0) is 15.3. The first kappa shape index (κ1) is 16.8. The first-order valence-corrected chi connectivity index (χ1v) is 7.62. The largest absolute Gasteiger partial charge is 0.480 e. The highest BCUT2D eigenvalue weighted by Gasteiger charge is 2.30. The maximum Gasteiger partial charge on any atom is 0.323 e. The van der Waals surface area contributed by atoms with E-state index in [1.165, 1.54) is 24.2 Å². The van der Waals surface area contributed by atoms with Crippen LogP contribution < -0.4 is 0 Å². The topological polar surface area (TPSA) is 60.9 Å². The molecule has 1 N–H and O–H groups in total. The Morgan fingerprint density at radius 1 is 1.20 bits per heavy atom. The zero-order valence-corrected chi connectivity index (χ0v) is 13.1. The Bertz CT molecular complexity index is 336. The van der Waals surface area contributed by atoms with E-state index in [-0.39, 0.29) is 24.7 Å². The number of hydrogen-bond donors (Lipinski definition) is 1. The Balaban J connectivity index is 2.62. The number of nitrogens with zero attached hydrogens (tertiary/aromatic N) is 2. The lowest BCUT2D eigenvalue weighted by molar-refractivity contribution is -0.138. The Morgan fingerprint density at radius 2 is 1.75 bits per heavy atom. The predicted molar refractivity (Wildman–Crippen MR) is 78.7 cm³/mol. The van der Waals surface area contributed by atoms with Crippen LogP contribution in [0.1, 0.15) is 52.9 Å². The molecule has 0 aromatic heterocycles. The van der Waals surface area contributed by atoms with Crippen LogP contribution in [0.3, 0.4) is 0 Å². The summed E-state index contributed by atoms with van der Waals surface area (Å²) < 4.78 is 0. The standard InChI is InChI=1S/C15H28N2O3/c1-5-12-6-8-13(9-7-12)16(4)15(20)17(11(2)3)10-14(18)19/h11-13H,5-10H2,1-4H3,(H,18,19). The van der Waals surface area contributed by atoms with Crippen molar-refractivity contribution in [2.45, 2.75) is 65.0 Å². The lowest BCUT2D eigenvalue weighted by Gasteiger charge is -2.38. The van der Waals surface area contributed by atoms with E-state index in [9.17, 15) is 9.59 Å². The Hall–Kier alpha value is -1.26. The average molecular weight is 284 g/mol. The van der Waals surface area contributed by atoms with Crippen LogP contribution in [0.5, 0.6) is 0 Å². The summed E-state index contributed by atoms with van der Waals surface area (Å²) in [4.78, 5) is 26.5. The van der Waals surface area contributed by atoms with Gasteiger partial charge in [0.2, 0.25) is 0 Å². The Morgan fingerprint density at radius 3 is 2.15 bits per heavy atom. The van der Waals surface area contributed by atoms with Gasteiger partial charge in [-0.25, -0.2) is 4.79 Å². The molecule has 20 heavy (non-hydrogen) atoms. The molecule has 2 amide bonds. The van der Waals surface area contributed by atoms with Crippen molar-refractivity contribution in [3.05, 3.63) is 0 Å². The molecule has 0 atom stereocenters. The number of carbonyl (C=O) groups excluding carboxylic acids is 1. The van der Waals surface area contributed by atoms with Crippen molar-refractivity contribution in [1.29, 1.82) is 0 Å². The number of urea groups is 1. The summed E-state index contributed by atoms with van der Waals surface area (Å²) in [7, 11) is 1.80. The van der Waals surface area contributed by atoms with Gasteiger partial charge in [-0.15, -0.1) is 0 Å². The second-order valence-corrected chi connectivity index (χ2v) is 6.09. The second kappa shape index (κ2) is 7.50. The minimum atomic E-state index is -0.963. The quantitative estimate of drug-likeness (QED) is 0.844. The molecule has 0 spiro atoms. The van der Waals surface area contributed by atoms with Crippen molar-refractivity contribution < 1.29 is 14.7 Å². The number of carboxylic acids is 1. The summed E-state index contributed by atoms with van der Waals surface area (Å²) in [5.74, 6) is -0.176. The molecular formula is C15H28N2O3. The number of rotatable bonds is 5. The van der Waals surface area contributed by atoms with Crippen molar-refractivity contribution in [3.8, 4) is 0 Å². The fraction of sp³-hybridized carbons (Fsp3) is 0.867. The number of carbonyl (C=O) groups is 2. The van der Waals surface area contributed by atoms with Gasteiger partial charge in [-0.3, -0.25) is 4.79 Å². The molecule has 0 aromatic carbocycles. The van der Waals surface area contributed by atoms with Crippen LogP contribution in [-0.4, -0.2) is 52.6 Å². The lowest BCUT2D eigenvalue weighted by atomic mass is 9.84. The number of carboxylic acid groups (broad SMARTS) is 1. The van der Waals surface area contributed by atoms with Crippen LogP contribution in [0.2, 0.25) is 0 Å². The molecular weight excluding hydrogens is 256 g/mol. The highest BCUT2D eigenvalue weighted by Crippen LogP contribution is 2.29. The summed E-state index contributed by atoms with van der Waals surface area (Å²) in [6, 6.07) is -0.0178. The van der Waals surface area contributed by atoms with Gasteiger partial charge in [0.05, 0.1) is 0 Å². The summed E-state index contributed by atoms with van der Waals surface area (Å²) >= 11 is 0. The lowest BCUT2D eigenvalue weighted by Crippen LogP contribution is -2.51. The van der Waals surface area contributed by atoms with Gasteiger partial charge in [0, 0.05) is 19.1 Å². The van der Waals surface area contributed by atoms with Crippen molar-refractivity contribution in [2.75, 3.05) is 13.6 Å². The van der Waals surface area contributed by atoms with Gasteiger partial charge in [-0.2, -0.15) is 0 Å². The number of aliphatic carboxylic acids is 1. The van der Waals surface area contributed by atoms with E-state index < -0.39 is 5.97 Å². The average Bonchev–Trinajstić information content (AvgIpc) is 2.43. The summed E-state index contributed by atoms with van der Waals surface area (Å²) in [6.45, 7) is 5.68. The molecule has 0 radical (unpaired) electrons. The second-order valence-electron chi connectivity index (χ2n) is 6.09. The third-order valence-corrected chi connectivity index (χ3v) is 4.42. The molecule has 0 aromatic rings. The van der Waals surface area contributed by atoms with Gasteiger partial charge in [0.15, 0.2) is 0 Å². The molecule has 0 bridgehead atoms. The molecule has 1 fully saturated rings. The fourth-order valence-corrected chi connectivity index (χ4v) is 2.92. The van der Waals surface area contributed by atoms with Gasteiger partial charge in [-0.1, -0.05) is 13.3 Å². The zero-order valence-electron chi connectivity index (χ0n) is 13.1. The van der Waals surface area contributed by atoms with Gasteiger partial charge in [0.25, 0.3) is 0 Å². The van der Waals surface area contributed by atoms with Crippen molar-refractivity contribution in [1.82, 2.24) is 9.80 Å². The van der Waals surface area contributed by atoms with Crippen molar-refractivity contribution in [2.24, 2.45) is 5.92 Å². The van der Waals surface area contributed by atoms with Gasteiger partial charge < -0.3 is 14.9 Å². The number of amides is 2. The van der Waals surface area contributed by atoms with E-state index in [0.29, 0.717) is 0 Å². The van der Waals surface area contributed by atoms with E-state index in [4.69, 9.17) is 5.11 Å². The van der Waals surface area contributed by atoms with Gasteiger partial charge >= 0.3 is 12.0 Å². The minimum Gasteiger partial charge on any atom is -0.480 e. The molecule has 0 heterocycles. The smallest absolute Gasteiger partial charge is 0.323 e. The van der Waals surface area contributed by atoms with Gasteiger partial charge in [0.1, 0.15) is 6.54 Å². The molecule has 1 saturated carbocycles. The molecule has 1 aliphatic carbocycles. The van der Waals surface area contributed by atoms with Crippen LogP contribution in [-0.2, 0) is 4.79 Å². The first-order valence-electron chi connectivity index (χ1n) is 7.62. The summed E-state index contributed by atoms with van der Waals surface area (Å²) in [6.07, 6.45) is 5.60. The maximum atomic E-state index is 12.5. The van der Waals surface area contributed by atoms with Gasteiger partial charge in [-0.05, 0) is 45.4 Å². The minimum absolute atomic E-state index is 0.104. The summed E-state index contributed by atoms with van der Waals surface area (Å²) in [5, 5.41) is 8.93. The molecule has 5 heteroatoms. The molecule has 0 unspecified atom stereocenters. The fourth-order valence-electron chi connectivity index (χ4n) is 2.92. The maximum absolute atomic E-state index is 12.5. The molecule has 0 aliphatic heterocycles. The molecule has 1 aliphatic rings. The van der Waals surface area contributed by atoms with E-state index in [0.717, 1.165) is 18.8 Å². The molecule has 0 saturated heterocycles. The first-order chi connectivity index (χ1) is 9.36. The highest BCUT2D eigenvalue weighted by atomic mass is 16.4. The number of hydrogen-bond acceptors (Lipinski definition) is 2. The SMILES string of the molecule is CCC1CCC(N(C)C(=O)N(CC(=O)O)C(C)C)CC1. The van der Waals surface area contributed by atoms with Crippen molar-refractivity contribution >= 4 is 12.0 Å². The van der Waals surface area contributed by atoms with E-state index in [1.54, 1.807) is 11.9 Å². The molecule has 1 rings (SSSR count). The van der Waals surface area contributed by atoms with E-state index in [1.807, 2.05) is 13.8 Å². The summed E-state index contributed by atoms with van der Waals surface area (Å²) in [5.41, 5.74) is 0. The third-order valence-electron chi connectivity index (χ3n) is 4.42. The van der Waals surface area contributed by atoms with E-state index in [2.05, 4.69) is 6.92 Å². The van der Waals surface area contributed by atoms with Crippen LogP contribution in [0.4, 0.5) is 4.79 Å². The predicted octanol–water partition coefficient (Wildman–Crippen LogP) is 2.80. The van der Waals surface area contributed by atoms with E-state index >= 15 is 0 Å². The normalized spacial score (nSPS) is 22.6. The Labute approximate surface area is 121 Å². The van der Waals surface area contributed by atoms with Crippen LogP contribution in [0, 0.1) is 5.92 Å². The molecule has 116 valence electrons. The van der Waals surface area contributed by atoms with Crippen LogP contribution in [0.15, 0.2) is 0 Å². The highest BCUT2D eigenvalue weighted by molar-refractivity contribution is 5.80. The van der Waals surface area contributed by atoms with Crippen LogP contribution >= 0.6 is 0 Å². The third kappa shape index (κ3) is 4.39. The monoisotopic (exact) mass is 284 g/mol. The van der Waals surface area contributed by atoms with Crippen molar-refractivity contribution in [3.63, 3.8) is 0 Å². The molecule has 5 nitrogen and oxygen atoms in total. The Kier molecular flexibility index (Phi) is 6.30. The van der Waals surface area contributed by atoms with Crippen LogP contribution in [0.25, 0.3) is 0 Å².